The molecule has 1 atom stereocenters. The molecular weight excluding hydrogens is 324 g/mol. The monoisotopic (exact) mass is 338 g/mol. The van der Waals surface area contributed by atoms with Crippen molar-refractivity contribution in [3.63, 3.8) is 0 Å². The Bertz CT molecular complexity index is 611. The number of ether oxygens (including phenoxy) is 1. The van der Waals surface area contributed by atoms with Crippen LogP contribution in [-0.4, -0.2) is 11.6 Å². The van der Waals surface area contributed by atoms with E-state index in [-0.39, 0.29) is 6.04 Å². The van der Waals surface area contributed by atoms with Crippen LogP contribution in [0.2, 0.25) is 0 Å². The molecule has 2 heterocycles. The van der Waals surface area contributed by atoms with Crippen LogP contribution in [0.25, 0.3) is 0 Å². The summed E-state index contributed by atoms with van der Waals surface area (Å²) in [5.74, 6) is 1.03. The summed E-state index contributed by atoms with van der Waals surface area (Å²) >= 11 is 5.22. The first-order chi connectivity index (χ1) is 9.13. The molecule has 2 aromatic rings. The largest absolute Gasteiger partial charge is 0.493 e. The zero-order valence-electron chi connectivity index (χ0n) is 10.6. The number of aryl methyl sites for hydroxylation is 1. The third kappa shape index (κ3) is 2.68. The molecule has 1 aromatic heterocycles. The Labute approximate surface area is 124 Å². The minimum atomic E-state index is -0.0196. The molecule has 1 aromatic carbocycles. The molecular formula is C14H15BrN2OS. The van der Waals surface area contributed by atoms with Crippen molar-refractivity contribution in [1.82, 2.24) is 4.98 Å². The second-order valence-electron chi connectivity index (χ2n) is 4.74. The molecule has 3 rings (SSSR count). The Hall–Kier alpha value is -0.910. The highest BCUT2D eigenvalue weighted by atomic mass is 79.9. The molecule has 0 saturated heterocycles. The van der Waals surface area contributed by atoms with Crippen molar-refractivity contribution in [1.29, 1.82) is 0 Å². The smallest absolute Gasteiger partial charge is 0.125 e. The molecule has 0 amide bonds. The number of aromatic nitrogens is 1. The highest BCUT2D eigenvalue weighted by Gasteiger charge is 2.20. The zero-order chi connectivity index (χ0) is 13.4. The van der Waals surface area contributed by atoms with Gasteiger partial charge >= 0.3 is 0 Å². The van der Waals surface area contributed by atoms with Crippen molar-refractivity contribution < 1.29 is 4.74 Å². The molecule has 0 saturated carbocycles. The van der Waals surface area contributed by atoms with Crippen LogP contribution in [0.5, 0.6) is 5.75 Å². The Morgan fingerprint density at radius 3 is 3.11 bits per heavy atom. The van der Waals surface area contributed by atoms with Crippen LogP contribution in [0.1, 0.15) is 27.1 Å². The number of thiazole rings is 1. The summed E-state index contributed by atoms with van der Waals surface area (Å²) in [7, 11) is 0. The number of hydrogen-bond donors (Lipinski definition) is 1. The predicted molar refractivity (Wildman–Crippen MR) is 80.8 cm³/mol. The van der Waals surface area contributed by atoms with Gasteiger partial charge in [0.15, 0.2) is 0 Å². The SMILES string of the molecule is Cc1ncc(C(N)Cc2cc(Br)cc3c2OCC3)s1. The standard InChI is InChI=1S/C14H15BrN2OS/c1-8-17-7-13(19-8)12(16)6-10-5-11(15)4-9-2-3-18-14(9)10/h4-5,7,12H,2-3,6,16H2,1H3. The van der Waals surface area contributed by atoms with E-state index >= 15 is 0 Å². The van der Waals surface area contributed by atoms with Gasteiger partial charge in [0.25, 0.3) is 0 Å². The fourth-order valence-electron chi connectivity index (χ4n) is 2.38. The van der Waals surface area contributed by atoms with Gasteiger partial charge in [-0.25, -0.2) is 4.98 Å². The van der Waals surface area contributed by atoms with E-state index in [4.69, 9.17) is 10.5 Å². The number of fused-ring (bicyclic) bond motifs is 1. The molecule has 19 heavy (non-hydrogen) atoms. The number of nitrogens with zero attached hydrogens (tertiary/aromatic N) is 1. The van der Waals surface area contributed by atoms with E-state index in [1.54, 1.807) is 11.3 Å². The molecule has 1 aliphatic heterocycles. The van der Waals surface area contributed by atoms with Gasteiger partial charge in [0.2, 0.25) is 0 Å². The Balaban J connectivity index is 1.87. The van der Waals surface area contributed by atoms with E-state index < -0.39 is 0 Å². The average molecular weight is 339 g/mol. The van der Waals surface area contributed by atoms with Gasteiger partial charge in [-0.15, -0.1) is 11.3 Å². The number of rotatable bonds is 3. The minimum absolute atomic E-state index is 0.0196. The minimum Gasteiger partial charge on any atom is -0.493 e. The lowest BCUT2D eigenvalue weighted by Crippen LogP contribution is -2.12. The lowest BCUT2D eigenvalue weighted by Gasteiger charge is -2.13. The molecule has 1 unspecified atom stereocenters. The Morgan fingerprint density at radius 2 is 2.37 bits per heavy atom. The lowest BCUT2D eigenvalue weighted by atomic mass is 10.0. The van der Waals surface area contributed by atoms with Crippen molar-refractivity contribution in [2.75, 3.05) is 6.61 Å². The van der Waals surface area contributed by atoms with E-state index in [2.05, 4.69) is 33.0 Å². The molecule has 2 N–H and O–H groups in total. The van der Waals surface area contributed by atoms with E-state index in [1.165, 1.54) is 11.1 Å². The van der Waals surface area contributed by atoms with Gasteiger partial charge in [0.05, 0.1) is 11.6 Å². The van der Waals surface area contributed by atoms with Crippen molar-refractivity contribution >= 4 is 27.3 Å². The van der Waals surface area contributed by atoms with Crippen LogP contribution in [0.15, 0.2) is 22.8 Å². The van der Waals surface area contributed by atoms with Gasteiger partial charge < -0.3 is 10.5 Å². The quantitative estimate of drug-likeness (QED) is 0.932. The summed E-state index contributed by atoms with van der Waals surface area (Å²) in [4.78, 5) is 5.40. The predicted octanol–water partition coefficient (Wildman–Crippen LogP) is 3.39. The molecule has 0 bridgehead atoms. The van der Waals surface area contributed by atoms with Crippen LogP contribution in [0.3, 0.4) is 0 Å². The second-order valence-corrected chi connectivity index (χ2v) is 6.93. The van der Waals surface area contributed by atoms with Gasteiger partial charge in [-0.2, -0.15) is 0 Å². The second kappa shape index (κ2) is 5.23. The number of hydrogen-bond acceptors (Lipinski definition) is 4. The van der Waals surface area contributed by atoms with E-state index in [0.29, 0.717) is 0 Å². The maximum absolute atomic E-state index is 6.28. The molecule has 5 heteroatoms. The maximum atomic E-state index is 6.28. The summed E-state index contributed by atoms with van der Waals surface area (Å²) in [6.45, 7) is 2.77. The van der Waals surface area contributed by atoms with Crippen molar-refractivity contribution in [3.05, 3.63) is 43.8 Å². The molecule has 3 nitrogen and oxygen atoms in total. The summed E-state index contributed by atoms with van der Waals surface area (Å²) < 4.78 is 6.83. The van der Waals surface area contributed by atoms with E-state index in [1.807, 2.05) is 13.1 Å². The molecule has 0 radical (unpaired) electrons. The third-order valence-corrected chi connectivity index (χ3v) is 4.77. The first-order valence-electron chi connectivity index (χ1n) is 6.25. The fraction of sp³-hybridized carbons (Fsp3) is 0.357. The first-order valence-corrected chi connectivity index (χ1v) is 7.86. The lowest BCUT2D eigenvalue weighted by molar-refractivity contribution is 0.352. The van der Waals surface area contributed by atoms with Crippen LogP contribution in [-0.2, 0) is 12.8 Å². The summed E-state index contributed by atoms with van der Waals surface area (Å²) in [6, 6.07) is 4.22. The maximum Gasteiger partial charge on any atom is 0.125 e. The summed E-state index contributed by atoms with van der Waals surface area (Å²) in [5.41, 5.74) is 8.74. The molecule has 100 valence electrons. The van der Waals surface area contributed by atoms with Gasteiger partial charge in [-0.1, -0.05) is 15.9 Å². The summed E-state index contributed by atoms with van der Waals surface area (Å²) in [6.07, 6.45) is 3.64. The van der Waals surface area contributed by atoms with Crippen LogP contribution >= 0.6 is 27.3 Å². The molecule has 0 spiro atoms. The third-order valence-electron chi connectivity index (χ3n) is 3.27. The normalized spacial score (nSPS) is 15.1. The van der Waals surface area contributed by atoms with Gasteiger partial charge in [0, 0.05) is 28.0 Å². The van der Waals surface area contributed by atoms with Gasteiger partial charge in [-0.3, -0.25) is 0 Å². The highest BCUT2D eigenvalue weighted by molar-refractivity contribution is 9.10. The van der Waals surface area contributed by atoms with Crippen molar-refractivity contribution in [2.45, 2.75) is 25.8 Å². The van der Waals surface area contributed by atoms with Crippen LogP contribution in [0, 0.1) is 6.92 Å². The van der Waals surface area contributed by atoms with E-state index in [9.17, 15) is 0 Å². The highest BCUT2D eigenvalue weighted by Crippen LogP contribution is 2.35. The molecule has 1 aliphatic rings. The van der Waals surface area contributed by atoms with Crippen LogP contribution < -0.4 is 10.5 Å². The molecule has 0 aliphatic carbocycles. The Kier molecular flexibility index (Phi) is 3.60. The Morgan fingerprint density at radius 1 is 1.53 bits per heavy atom. The fourth-order valence-corrected chi connectivity index (χ4v) is 3.72. The first kappa shape index (κ1) is 13.1. The van der Waals surface area contributed by atoms with Crippen molar-refractivity contribution in [3.8, 4) is 5.75 Å². The van der Waals surface area contributed by atoms with Crippen molar-refractivity contribution in [2.24, 2.45) is 5.73 Å². The van der Waals surface area contributed by atoms with E-state index in [0.717, 1.165) is 39.6 Å². The average Bonchev–Trinajstić information content (AvgIpc) is 2.97. The zero-order valence-corrected chi connectivity index (χ0v) is 13.1. The topological polar surface area (TPSA) is 48.1 Å². The van der Waals surface area contributed by atoms with Crippen LogP contribution in [0.4, 0.5) is 0 Å². The summed E-state index contributed by atoms with van der Waals surface area (Å²) in [5, 5.41) is 1.06. The van der Waals surface area contributed by atoms with Gasteiger partial charge in [0.1, 0.15) is 5.75 Å². The number of halogens is 1. The number of nitrogens with two attached hydrogens (primary N) is 1. The molecule has 0 fully saturated rings. The van der Waals surface area contributed by atoms with Gasteiger partial charge in [-0.05, 0) is 36.6 Å². The number of benzene rings is 1.